The highest BCUT2D eigenvalue weighted by Crippen LogP contribution is 2.22. The molecule has 0 aromatic carbocycles. The molecule has 0 saturated carbocycles. The van der Waals surface area contributed by atoms with Gasteiger partial charge in [0.05, 0.1) is 15.7 Å². The molecule has 0 radical (unpaired) electrons. The van der Waals surface area contributed by atoms with Gasteiger partial charge in [-0.25, -0.2) is 9.78 Å². The van der Waals surface area contributed by atoms with Crippen LogP contribution in [0.5, 0.6) is 0 Å². The highest BCUT2D eigenvalue weighted by molar-refractivity contribution is 7.84. The summed E-state index contributed by atoms with van der Waals surface area (Å²) in [5.41, 5.74) is -0.673. The number of pyridine rings is 1. The zero-order valence-electron chi connectivity index (χ0n) is 13.9. The molecule has 2 atom stereocenters. The zero-order valence-corrected chi connectivity index (χ0v) is 14.7. The Morgan fingerprint density at radius 2 is 2.21 bits per heavy atom. The SMILES string of the molecule is CC(C)(C)OC(=O)N1CC[C@H](C[S@](=O)c2ccc([N+](=O)[O-])cn2)C1. The molecule has 0 unspecified atom stereocenters. The Hall–Kier alpha value is -2.03. The van der Waals surface area contributed by atoms with Crippen molar-refractivity contribution in [3.05, 3.63) is 28.4 Å². The van der Waals surface area contributed by atoms with Gasteiger partial charge in [0.2, 0.25) is 0 Å². The van der Waals surface area contributed by atoms with E-state index in [2.05, 4.69) is 4.98 Å². The monoisotopic (exact) mass is 355 g/mol. The van der Waals surface area contributed by atoms with E-state index in [4.69, 9.17) is 4.74 Å². The van der Waals surface area contributed by atoms with Crippen LogP contribution in [0, 0.1) is 16.0 Å². The lowest BCUT2D eigenvalue weighted by atomic mass is 10.2. The van der Waals surface area contributed by atoms with E-state index in [9.17, 15) is 19.1 Å². The molecule has 1 aromatic rings. The molecular weight excluding hydrogens is 334 g/mol. The number of hydrogen-bond acceptors (Lipinski definition) is 6. The first-order valence-electron chi connectivity index (χ1n) is 7.62. The summed E-state index contributed by atoms with van der Waals surface area (Å²) < 4.78 is 17.7. The van der Waals surface area contributed by atoms with Crippen molar-refractivity contribution < 1.29 is 18.7 Å². The quantitative estimate of drug-likeness (QED) is 0.607. The van der Waals surface area contributed by atoms with E-state index < -0.39 is 21.3 Å². The van der Waals surface area contributed by atoms with Crippen molar-refractivity contribution in [1.29, 1.82) is 0 Å². The Bertz CT molecular complexity index is 642. The number of ether oxygens (including phenoxy) is 1. The number of carbonyl (C=O) groups is 1. The summed E-state index contributed by atoms with van der Waals surface area (Å²) in [6.07, 6.45) is 1.50. The predicted molar refractivity (Wildman–Crippen MR) is 88.1 cm³/mol. The second kappa shape index (κ2) is 7.25. The van der Waals surface area contributed by atoms with E-state index in [-0.39, 0.29) is 17.7 Å². The van der Waals surface area contributed by atoms with Crippen LogP contribution in [0.25, 0.3) is 0 Å². The molecular formula is C15H21N3O5S. The van der Waals surface area contributed by atoms with Crippen LogP contribution in [-0.4, -0.2) is 49.6 Å². The van der Waals surface area contributed by atoms with Gasteiger partial charge in [0.25, 0.3) is 5.69 Å². The first kappa shape index (κ1) is 18.3. The molecule has 1 fully saturated rings. The maximum absolute atomic E-state index is 12.3. The Balaban J connectivity index is 1.89. The summed E-state index contributed by atoms with van der Waals surface area (Å²) in [6.45, 7) is 6.51. The van der Waals surface area contributed by atoms with E-state index in [1.54, 1.807) is 4.90 Å². The van der Waals surface area contributed by atoms with Crippen molar-refractivity contribution in [2.75, 3.05) is 18.8 Å². The largest absolute Gasteiger partial charge is 0.444 e. The summed E-state index contributed by atoms with van der Waals surface area (Å²) in [5.74, 6) is 0.458. The molecule has 0 bridgehead atoms. The first-order valence-corrected chi connectivity index (χ1v) is 8.94. The second-order valence-corrected chi connectivity index (χ2v) is 8.15. The minimum Gasteiger partial charge on any atom is -0.444 e. The highest BCUT2D eigenvalue weighted by Gasteiger charge is 2.31. The molecule has 8 nitrogen and oxygen atoms in total. The lowest BCUT2D eigenvalue weighted by Crippen LogP contribution is -2.35. The van der Waals surface area contributed by atoms with Gasteiger partial charge in [-0.3, -0.25) is 14.3 Å². The summed E-state index contributed by atoms with van der Waals surface area (Å²) >= 11 is 0. The third-order valence-electron chi connectivity index (χ3n) is 3.49. The fraction of sp³-hybridized carbons (Fsp3) is 0.600. The van der Waals surface area contributed by atoms with Gasteiger partial charge >= 0.3 is 6.09 Å². The standard InChI is InChI=1S/C15H21N3O5S/c1-15(2,3)23-14(19)17-7-6-11(9-17)10-24(22)13-5-4-12(8-16-13)18(20)21/h4-5,8,11H,6-7,9-10H2,1-3H3/t11-,24-/m0/s1. The van der Waals surface area contributed by atoms with E-state index in [1.807, 2.05) is 20.8 Å². The molecule has 1 saturated heterocycles. The highest BCUT2D eigenvalue weighted by atomic mass is 32.2. The Morgan fingerprint density at radius 3 is 2.75 bits per heavy atom. The molecule has 24 heavy (non-hydrogen) atoms. The van der Waals surface area contributed by atoms with Crippen LogP contribution >= 0.6 is 0 Å². The summed E-state index contributed by atoms with van der Waals surface area (Å²) in [4.78, 5) is 27.6. The smallest absolute Gasteiger partial charge is 0.410 e. The topological polar surface area (TPSA) is 103 Å². The second-order valence-electron chi connectivity index (χ2n) is 6.70. The number of hydrogen-bond donors (Lipinski definition) is 0. The number of nitro groups is 1. The number of aromatic nitrogens is 1. The van der Waals surface area contributed by atoms with E-state index in [1.165, 1.54) is 12.1 Å². The van der Waals surface area contributed by atoms with E-state index in [0.717, 1.165) is 12.6 Å². The summed E-state index contributed by atoms with van der Waals surface area (Å²) in [7, 11) is -1.35. The molecule has 1 amide bonds. The molecule has 0 spiro atoms. The van der Waals surface area contributed by atoms with Gasteiger partial charge < -0.3 is 9.64 Å². The van der Waals surface area contributed by atoms with Crippen LogP contribution < -0.4 is 0 Å². The molecule has 1 aliphatic rings. The zero-order chi connectivity index (χ0) is 17.9. The van der Waals surface area contributed by atoms with Crippen LogP contribution in [0.3, 0.4) is 0 Å². The third-order valence-corrected chi connectivity index (χ3v) is 4.97. The number of amides is 1. The Morgan fingerprint density at radius 1 is 1.50 bits per heavy atom. The molecule has 1 aliphatic heterocycles. The van der Waals surface area contributed by atoms with Crippen molar-refractivity contribution in [3.8, 4) is 0 Å². The molecule has 1 aromatic heterocycles. The molecule has 9 heteroatoms. The number of likely N-dealkylation sites (tertiary alicyclic amines) is 1. The van der Waals surface area contributed by atoms with Gasteiger partial charge in [-0.15, -0.1) is 0 Å². The molecule has 2 heterocycles. The van der Waals surface area contributed by atoms with Gasteiger partial charge in [0, 0.05) is 24.9 Å². The average molecular weight is 355 g/mol. The lowest BCUT2D eigenvalue weighted by molar-refractivity contribution is -0.385. The van der Waals surface area contributed by atoms with Crippen LogP contribution in [0.1, 0.15) is 27.2 Å². The Labute approximate surface area is 142 Å². The van der Waals surface area contributed by atoms with Crippen LogP contribution in [0.2, 0.25) is 0 Å². The maximum atomic E-state index is 12.3. The lowest BCUT2D eigenvalue weighted by Gasteiger charge is -2.24. The van der Waals surface area contributed by atoms with E-state index in [0.29, 0.717) is 23.9 Å². The van der Waals surface area contributed by atoms with Gasteiger partial charge in [0.15, 0.2) is 0 Å². The Kier molecular flexibility index (Phi) is 5.53. The first-order chi connectivity index (χ1) is 11.2. The number of nitrogens with zero attached hydrogens (tertiary/aromatic N) is 3. The third kappa shape index (κ3) is 4.98. The maximum Gasteiger partial charge on any atom is 0.410 e. The molecule has 0 N–H and O–H groups in total. The fourth-order valence-corrected chi connectivity index (χ4v) is 3.64. The minimum atomic E-state index is -1.35. The van der Waals surface area contributed by atoms with Crippen molar-refractivity contribution >= 4 is 22.6 Å². The molecule has 2 rings (SSSR count). The van der Waals surface area contributed by atoms with Crippen LogP contribution in [0.15, 0.2) is 23.4 Å². The minimum absolute atomic E-state index is 0.0929. The molecule has 0 aliphatic carbocycles. The van der Waals surface area contributed by atoms with Crippen molar-refractivity contribution in [2.24, 2.45) is 5.92 Å². The summed E-state index contributed by atoms with van der Waals surface area (Å²) in [6, 6.07) is 2.71. The number of rotatable bonds is 4. The van der Waals surface area contributed by atoms with Crippen molar-refractivity contribution in [3.63, 3.8) is 0 Å². The van der Waals surface area contributed by atoms with Gasteiger partial charge in [-0.2, -0.15) is 0 Å². The van der Waals surface area contributed by atoms with Gasteiger partial charge in [-0.05, 0) is 39.2 Å². The summed E-state index contributed by atoms with van der Waals surface area (Å²) in [5, 5.41) is 10.9. The van der Waals surface area contributed by atoms with Crippen molar-refractivity contribution in [2.45, 2.75) is 37.8 Å². The van der Waals surface area contributed by atoms with Gasteiger partial charge in [0.1, 0.15) is 16.8 Å². The van der Waals surface area contributed by atoms with E-state index >= 15 is 0 Å². The molecule has 132 valence electrons. The van der Waals surface area contributed by atoms with Gasteiger partial charge in [-0.1, -0.05) is 0 Å². The average Bonchev–Trinajstić information content (AvgIpc) is 2.94. The van der Waals surface area contributed by atoms with Crippen molar-refractivity contribution in [1.82, 2.24) is 9.88 Å². The fourth-order valence-electron chi connectivity index (χ4n) is 2.38. The van der Waals surface area contributed by atoms with Crippen LogP contribution in [0.4, 0.5) is 10.5 Å². The number of carbonyl (C=O) groups excluding carboxylic acids is 1. The van der Waals surface area contributed by atoms with Crippen LogP contribution in [-0.2, 0) is 15.5 Å². The predicted octanol–water partition coefficient (Wildman–Crippen LogP) is 2.35. The normalized spacial score (nSPS) is 19.1.